The van der Waals surface area contributed by atoms with Crippen molar-refractivity contribution in [1.29, 1.82) is 0 Å². The van der Waals surface area contributed by atoms with E-state index in [1.54, 1.807) is 0 Å². The van der Waals surface area contributed by atoms with Gasteiger partial charge in [0.2, 0.25) is 0 Å². The first-order valence-corrected chi connectivity index (χ1v) is 4.08. The fraction of sp³-hybridized carbons (Fsp3) is 0.300. The number of rotatable bonds is 1. The van der Waals surface area contributed by atoms with E-state index in [1.165, 1.54) is 0 Å². The molecule has 1 atom stereocenters. The van der Waals surface area contributed by atoms with E-state index in [1.807, 2.05) is 18.3 Å². The van der Waals surface area contributed by atoms with Crippen LogP contribution in [0.1, 0.15) is 24.1 Å². The number of aliphatic hydroxyl groups excluding tert-OH is 1. The van der Waals surface area contributed by atoms with Crippen molar-refractivity contribution < 1.29 is 5.11 Å². The van der Waals surface area contributed by atoms with Gasteiger partial charge < -0.3 is 5.11 Å². The predicted octanol–water partition coefficient (Wildman–Crippen LogP) is 1.57. The molecule has 0 aliphatic heterocycles. The van der Waals surface area contributed by atoms with E-state index in [-0.39, 0.29) is 12.5 Å². The number of hydrogen-bond donors (Lipinski definition) is 1. The van der Waals surface area contributed by atoms with Crippen molar-refractivity contribution in [2.45, 2.75) is 12.8 Å². The van der Waals surface area contributed by atoms with Crippen molar-refractivity contribution in [2.24, 2.45) is 0 Å². The number of aliphatic hydroxyl groups is 1. The van der Waals surface area contributed by atoms with Gasteiger partial charge in [-0.05, 0) is 23.3 Å². The topological polar surface area (TPSA) is 33.1 Å². The molecular weight excluding hydrogens is 150 g/mol. The molecule has 0 unspecified atom stereocenters. The molecule has 2 heteroatoms. The largest absolute Gasteiger partial charge is 0.392 e. The summed E-state index contributed by atoms with van der Waals surface area (Å²) >= 11 is 0. The first-order chi connectivity index (χ1) is 5.81. The van der Waals surface area contributed by atoms with Crippen molar-refractivity contribution in [3.63, 3.8) is 0 Å². The Labute approximate surface area is 71.6 Å². The van der Waals surface area contributed by atoms with Crippen LogP contribution in [-0.4, -0.2) is 16.7 Å². The van der Waals surface area contributed by atoms with Crippen LogP contribution in [-0.2, 0) is 0 Å². The normalized spacial score (nSPS) is 20.5. The van der Waals surface area contributed by atoms with Gasteiger partial charge in [0.1, 0.15) is 0 Å². The third-order valence-corrected chi connectivity index (χ3v) is 2.34. The average molecular weight is 161 g/mol. The molecule has 1 aliphatic carbocycles. The third kappa shape index (κ3) is 1.04. The second-order valence-electron chi connectivity index (χ2n) is 3.11. The summed E-state index contributed by atoms with van der Waals surface area (Å²) < 4.78 is 0. The monoisotopic (exact) mass is 161 g/mol. The second-order valence-corrected chi connectivity index (χ2v) is 3.11. The zero-order chi connectivity index (χ0) is 8.55. The molecule has 0 amide bonds. The van der Waals surface area contributed by atoms with Gasteiger partial charge >= 0.3 is 0 Å². The summed E-state index contributed by atoms with van der Waals surface area (Å²) in [6, 6.07) is 4.01. The van der Waals surface area contributed by atoms with Crippen molar-refractivity contribution in [3.05, 3.63) is 35.2 Å². The van der Waals surface area contributed by atoms with Crippen LogP contribution in [0.15, 0.2) is 23.9 Å². The first-order valence-electron chi connectivity index (χ1n) is 4.08. The lowest BCUT2D eigenvalue weighted by Gasteiger charge is -2.18. The maximum atomic E-state index is 9.04. The van der Waals surface area contributed by atoms with Gasteiger partial charge in [-0.3, -0.25) is 4.98 Å². The van der Waals surface area contributed by atoms with Crippen LogP contribution < -0.4 is 0 Å². The molecule has 12 heavy (non-hydrogen) atoms. The SMILES string of the molecule is C[C@H]1C(CO)=Cc2ccnc1c2. The van der Waals surface area contributed by atoms with Crippen molar-refractivity contribution >= 4 is 6.08 Å². The van der Waals surface area contributed by atoms with Crippen LogP contribution in [0.5, 0.6) is 0 Å². The molecule has 2 bridgehead atoms. The van der Waals surface area contributed by atoms with Crippen LogP contribution in [0.25, 0.3) is 6.08 Å². The van der Waals surface area contributed by atoms with Crippen molar-refractivity contribution in [1.82, 2.24) is 4.98 Å². The molecule has 2 rings (SSSR count). The maximum Gasteiger partial charge on any atom is 0.0651 e. The Bertz CT molecular complexity index is 330. The minimum Gasteiger partial charge on any atom is -0.392 e. The summed E-state index contributed by atoms with van der Waals surface area (Å²) in [6.07, 6.45) is 3.84. The van der Waals surface area contributed by atoms with Crippen LogP contribution in [0, 0.1) is 0 Å². The molecular formula is C10H11NO. The van der Waals surface area contributed by atoms with Crippen molar-refractivity contribution in [2.75, 3.05) is 6.61 Å². The second kappa shape index (κ2) is 2.72. The van der Waals surface area contributed by atoms with Gasteiger partial charge in [-0.1, -0.05) is 13.0 Å². The zero-order valence-electron chi connectivity index (χ0n) is 6.99. The molecule has 0 saturated carbocycles. The predicted molar refractivity (Wildman–Crippen MR) is 47.7 cm³/mol. The van der Waals surface area contributed by atoms with E-state index in [4.69, 9.17) is 5.11 Å². The fourth-order valence-corrected chi connectivity index (χ4v) is 1.50. The Balaban J connectivity index is 2.50. The lowest BCUT2D eigenvalue weighted by molar-refractivity contribution is 0.324. The molecule has 1 N–H and O–H groups in total. The lowest BCUT2D eigenvalue weighted by Crippen LogP contribution is -2.08. The van der Waals surface area contributed by atoms with Gasteiger partial charge in [-0.15, -0.1) is 0 Å². The molecule has 2 nitrogen and oxygen atoms in total. The van der Waals surface area contributed by atoms with Crippen LogP contribution in [0.2, 0.25) is 0 Å². The van der Waals surface area contributed by atoms with E-state index < -0.39 is 0 Å². The van der Waals surface area contributed by atoms with Crippen LogP contribution in [0.4, 0.5) is 0 Å². The number of fused-ring (bicyclic) bond motifs is 2. The molecule has 0 spiro atoms. The van der Waals surface area contributed by atoms with Gasteiger partial charge in [0.15, 0.2) is 0 Å². The van der Waals surface area contributed by atoms with Gasteiger partial charge in [0, 0.05) is 17.8 Å². The minimum atomic E-state index is 0.130. The molecule has 1 heterocycles. The average Bonchev–Trinajstić information content (AvgIpc) is 2.12. The summed E-state index contributed by atoms with van der Waals surface area (Å²) in [4.78, 5) is 4.24. The zero-order valence-corrected chi connectivity index (χ0v) is 6.99. The molecule has 0 saturated heterocycles. The molecule has 62 valence electrons. The van der Waals surface area contributed by atoms with E-state index in [9.17, 15) is 0 Å². The minimum absolute atomic E-state index is 0.130. The molecule has 0 aromatic carbocycles. The highest BCUT2D eigenvalue weighted by Crippen LogP contribution is 2.28. The highest BCUT2D eigenvalue weighted by molar-refractivity contribution is 5.59. The smallest absolute Gasteiger partial charge is 0.0651 e. The van der Waals surface area contributed by atoms with Gasteiger partial charge in [0.05, 0.1) is 6.61 Å². The summed E-state index contributed by atoms with van der Waals surface area (Å²) in [5.41, 5.74) is 3.25. The van der Waals surface area contributed by atoms with E-state index in [0.29, 0.717) is 0 Å². The van der Waals surface area contributed by atoms with E-state index in [2.05, 4.69) is 18.0 Å². The summed E-state index contributed by atoms with van der Waals surface area (Å²) in [7, 11) is 0. The maximum absolute atomic E-state index is 9.04. The number of pyridine rings is 1. The van der Waals surface area contributed by atoms with Gasteiger partial charge in [-0.2, -0.15) is 0 Å². The van der Waals surface area contributed by atoms with Gasteiger partial charge in [-0.25, -0.2) is 0 Å². The molecule has 0 fully saturated rings. The Morgan fingerprint density at radius 3 is 3.17 bits per heavy atom. The summed E-state index contributed by atoms with van der Waals surface area (Å²) in [6.45, 7) is 2.19. The quantitative estimate of drug-likeness (QED) is 0.678. The number of hydrogen-bond acceptors (Lipinski definition) is 2. The molecule has 0 radical (unpaired) electrons. The Kier molecular flexibility index (Phi) is 1.70. The summed E-state index contributed by atoms with van der Waals surface area (Å²) in [5, 5.41) is 9.04. The lowest BCUT2D eigenvalue weighted by atomic mass is 9.90. The van der Waals surface area contributed by atoms with Gasteiger partial charge in [0.25, 0.3) is 0 Å². The Morgan fingerprint density at radius 1 is 1.58 bits per heavy atom. The van der Waals surface area contributed by atoms with E-state index in [0.717, 1.165) is 16.8 Å². The standard InChI is InChI=1S/C10H11NO/c1-7-9(6-12)4-8-2-3-11-10(7)5-8/h2-5,7,12H,6H2,1H3/t7-/m0/s1. The number of aromatic nitrogens is 1. The molecule has 1 aliphatic rings. The fourth-order valence-electron chi connectivity index (χ4n) is 1.50. The van der Waals surface area contributed by atoms with E-state index >= 15 is 0 Å². The highest BCUT2D eigenvalue weighted by Gasteiger charge is 2.16. The number of nitrogens with zero attached hydrogens (tertiary/aromatic N) is 1. The van der Waals surface area contributed by atoms with Crippen LogP contribution in [0.3, 0.4) is 0 Å². The summed E-state index contributed by atoms with van der Waals surface area (Å²) in [5.74, 6) is 0.267. The molecule has 1 aromatic heterocycles. The molecule has 1 aromatic rings. The Hall–Kier alpha value is -1.15. The third-order valence-electron chi connectivity index (χ3n) is 2.34. The Morgan fingerprint density at radius 2 is 2.42 bits per heavy atom. The van der Waals surface area contributed by atoms with Crippen LogP contribution >= 0.6 is 0 Å². The van der Waals surface area contributed by atoms with Crippen molar-refractivity contribution in [3.8, 4) is 0 Å². The highest BCUT2D eigenvalue weighted by atomic mass is 16.3. The first kappa shape index (κ1) is 7.50.